The molecule has 0 aliphatic heterocycles. The fourth-order valence-corrected chi connectivity index (χ4v) is 3.60. The maximum Gasteiger partial charge on any atom is 0.159 e. The third kappa shape index (κ3) is 3.06. The molecule has 3 aromatic rings. The number of hydrogen-bond donors (Lipinski definition) is 0. The molecule has 0 aliphatic rings. The Labute approximate surface area is 140 Å². The topological polar surface area (TPSA) is 47.8 Å². The van der Waals surface area contributed by atoms with Gasteiger partial charge < -0.3 is 4.57 Å². The predicted molar refractivity (Wildman–Crippen MR) is 94.3 cm³/mol. The Morgan fingerprint density at radius 3 is 2.70 bits per heavy atom. The highest BCUT2D eigenvalue weighted by Gasteiger charge is 2.18. The molecule has 120 valence electrons. The predicted octanol–water partition coefficient (Wildman–Crippen LogP) is 4.65. The van der Waals surface area contributed by atoms with Crippen LogP contribution in [0.2, 0.25) is 0 Å². The number of nitrogens with zero attached hydrogens (tertiary/aromatic N) is 3. The van der Waals surface area contributed by atoms with Crippen LogP contribution in [0.3, 0.4) is 0 Å². The molecule has 1 aromatic carbocycles. The summed E-state index contributed by atoms with van der Waals surface area (Å²) in [5.41, 5.74) is 5.62. The van der Waals surface area contributed by atoms with Gasteiger partial charge in [0.2, 0.25) is 0 Å². The van der Waals surface area contributed by atoms with Crippen molar-refractivity contribution in [1.29, 1.82) is 0 Å². The molecule has 0 bridgehead atoms. The zero-order valence-corrected chi connectivity index (χ0v) is 14.6. The highest BCUT2D eigenvalue weighted by atomic mass is 32.1. The third-order valence-electron chi connectivity index (χ3n) is 4.30. The van der Waals surface area contributed by atoms with Gasteiger partial charge in [0.25, 0.3) is 0 Å². The summed E-state index contributed by atoms with van der Waals surface area (Å²) < 4.78 is 2.33. The minimum absolute atomic E-state index is 0.0741. The number of benzene rings is 1. The van der Waals surface area contributed by atoms with Gasteiger partial charge in [0, 0.05) is 23.4 Å². The van der Waals surface area contributed by atoms with Crippen LogP contribution < -0.4 is 0 Å². The van der Waals surface area contributed by atoms with E-state index in [4.69, 9.17) is 4.98 Å². The quantitative estimate of drug-likeness (QED) is 0.619. The van der Waals surface area contributed by atoms with Crippen LogP contribution in [0.4, 0.5) is 0 Å². The molecule has 0 amide bonds. The minimum Gasteiger partial charge on any atom is -0.325 e. The van der Waals surface area contributed by atoms with Gasteiger partial charge in [-0.1, -0.05) is 13.8 Å². The van der Waals surface area contributed by atoms with Crippen LogP contribution in [0.1, 0.15) is 61.5 Å². The Kier molecular flexibility index (Phi) is 4.57. The number of thiazole rings is 1. The van der Waals surface area contributed by atoms with Crippen molar-refractivity contribution >= 4 is 28.2 Å². The maximum absolute atomic E-state index is 11.6. The summed E-state index contributed by atoms with van der Waals surface area (Å²) in [6.07, 6.45) is 2.84. The molecule has 0 atom stereocenters. The van der Waals surface area contributed by atoms with E-state index in [2.05, 4.69) is 28.8 Å². The highest BCUT2D eigenvalue weighted by molar-refractivity contribution is 7.07. The van der Waals surface area contributed by atoms with Crippen molar-refractivity contribution in [1.82, 2.24) is 14.5 Å². The van der Waals surface area contributed by atoms with E-state index >= 15 is 0 Å². The van der Waals surface area contributed by atoms with Crippen LogP contribution in [-0.4, -0.2) is 20.3 Å². The molecule has 0 spiro atoms. The monoisotopic (exact) mass is 327 g/mol. The number of hydrogen-bond acceptors (Lipinski definition) is 4. The van der Waals surface area contributed by atoms with E-state index in [1.165, 1.54) is 0 Å². The summed E-state index contributed by atoms with van der Waals surface area (Å²) in [6, 6.07) is 6.25. The van der Waals surface area contributed by atoms with Gasteiger partial charge in [0.15, 0.2) is 5.78 Å². The lowest BCUT2D eigenvalue weighted by atomic mass is 10.1. The second-order valence-corrected chi connectivity index (χ2v) is 6.50. The Hall–Kier alpha value is -2.01. The average molecular weight is 327 g/mol. The number of carbonyl (C=O) groups excluding carboxylic acids is 1. The molecule has 0 aliphatic carbocycles. The van der Waals surface area contributed by atoms with E-state index in [0.29, 0.717) is 11.6 Å². The van der Waals surface area contributed by atoms with Crippen molar-refractivity contribution in [3.8, 4) is 0 Å². The average Bonchev–Trinajstić information content (AvgIpc) is 3.16. The van der Waals surface area contributed by atoms with Crippen molar-refractivity contribution in [2.24, 2.45) is 0 Å². The van der Waals surface area contributed by atoms with Gasteiger partial charge >= 0.3 is 0 Å². The van der Waals surface area contributed by atoms with Gasteiger partial charge in [-0.05, 0) is 38.0 Å². The molecule has 2 heterocycles. The normalized spacial score (nSPS) is 11.5. The van der Waals surface area contributed by atoms with E-state index in [0.717, 1.165) is 41.8 Å². The number of rotatable bonds is 6. The zero-order valence-electron chi connectivity index (χ0n) is 13.7. The summed E-state index contributed by atoms with van der Waals surface area (Å²) in [5.74, 6) is 1.10. The van der Waals surface area contributed by atoms with Crippen LogP contribution in [0.15, 0.2) is 29.1 Å². The Morgan fingerprint density at radius 1 is 1.30 bits per heavy atom. The molecule has 0 fully saturated rings. The second-order valence-electron chi connectivity index (χ2n) is 5.78. The zero-order chi connectivity index (χ0) is 16.4. The van der Waals surface area contributed by atoms with Crippen LogP contribution in [0.25, 0.3) is 11.0 Å². The minimum atomic E-state index is 0.0741. The van der Waals surface area contributed by atoms with Crippen LogP contribution in [0.5, 0.6) is 0 Å². The molecule has 0 unspecified atom stereocenters. The third-order valence-corrected chi connectivity index (χ3v) is 4.93. The van der Waals surface area contributed by atoms with E-state index < -0.39 is 0 Å². The van der Waals surface area contributed by atoms with Crippen molar-refractivity contribution in [3.05, 3.63) is 46.2 Å². The van der Waals surface area contributed by atoms with E-state index in [9.17, 15) is 4.79 Å². The summed E-state index contributed by atoms with van der Waals surface area (Å²) in [4.78, 5) is 20.9. The summed E-state index contributed by atoms with van der Waals surface area (Å²) in [7, 11) is 0. The van der Waals surface area contributed by atoms with E-state index in [1.807, 2.05) is 23.7 Å². The first kappa shape index (κ1) is 15.9. The first-order chi connectivity index (χ1) is 11.1. The summed E-state index contributed by atoms with van der Waals surface area (Å²) >= 11 is 1.61. The fraction of sp³-hybridized carbons (Fsp3) is 0.389. The molecule has 3 rings (SSSR count). The van der Waals surface area contributed by atoms with Crippen molar-refractivity contribution < 1.29 is 4.79 Å². The number of ketones is 1. The smallest absolute Gasteiger partial charge is 0.159 e. The molecule has 5 heteroatoms. The van der Waals surface area contributed by atoms with Gasteiger partial charge in [-0.2, -0.15) is 0 Å². The number of Topliss-reactive ketones (excluding diaryl/α,β-unsaturated/α-hetero) is 1. The van der Waals surface area contributed by atoms with E-state index in [1.54, 1.807) is 18.3 Å². The van der Waals surface area contributed by atoms with Crippen molar-refractivity contribution in [3.63, 3.8) is 0 Å². The standard InChI is InChI=1S/C18H21N3OS/c1-4-15(5-2)21-17-7-6-13(12(3)22)8-16(17)20-18(21)9-14-10-23-11-19-14/h6-8,10-11,15H,4-5,9H2,1-3H3. The lowest BCUT2D eigenvalue weighted by Crippen LogP contribution is -2.11. The van der Waals surface area contributed by atoms with Crippen molar-refractivity contribution in [2.45, 2.75) is 46.1 Å². The molecule has 0 saturated heterocycles. The first-order valence-electron chi connectivity index (χ1n) is 8.02. The van der Waals surface area contributed by atoms with Gasteiger partial charge in [-0.25, -0.2) is 9.97 Å². The molecular formula is C18H21N3OS. The van der Waals surface area contributed by atoms with Crippen LogP contribution in [-0.2, 0) is 6.42 Å². The highest BCUT2D eigenvalue weighted by Crippen LogP contribution is 2.27. The molecule has 0 saturated carbocycles. The Bertz CT molecular complexity index is 816. The molecular weight excluding hydrogens is 306 g/mol. The lowest BCUT2D eigenvalue weighted by molar-refractivity contribution is 0.101. The molecule has 4 nitrogen and oxygen atoms in total. The Morgan fingerprint density at radius 2 is 2.09 bits per heavy atom. The summed E-state index contributed by atoms with van der Waals surface area (Å²) in [6.45, 7) is 6.00. The number of fused-ring (bicyclic) bond motifs is 1. The molecule has 0 radical (unpaired) electrons. The Balaban J connectivity index is 2.15. The van der Waals surface area contributed by atoms with E-state index in [-0.39, 0.29) is 5.78 Å². The van der Waals surface area contributed by atoms with Gasteiger partial charge in [0.1, 0.15) is 5.82 Å². The summed E-state index contributed by atoms with van der Waals surface area (Å²) in [5, 5.41) is 2.07. The van der Waals surface area contributed by atoms with Gasteiger partial charge in [0.05, 0.1) is 22.2 Å². The van der Waals surface area contributed by atoms with Crippen LogP contribution >= 0.6 is 11.3 Å². The van der Waals surface area contributed by atoms with Crippen molar-refractivity contribution in [2.75, 3.05) is 0 Å². The lowest BCUT2D eigenvalue weighted by Gasteiger charge is -2.18. The number of aromatic nitrogens is 3. The molecule has 2 aromatic heterocycles. The SMILES string of the molecule is CCC(CC)n1c(Cc2cscn2)nc2cc(C(C)=O)ccc21. The fourth-order valence-electron chi connectivity index (χ4n) is 3.04. The first-order valence-corrected chi connectivity index (χ1v) is 8.97. The molecule has 0 N–H and O–H groups in total. The maximum atomic E-state index is 11.6. The van der Waals surface area contributed by atoms with Gasteiger partial charge in [-0.15, -0.1) is 11.3 Å². The molecule has 23 heavy (non-hydrogen) atoms. The largest absolute Gasteiger partial charge is 0.325 e. The second kappa shape index (κ2) is 6.62. The van der Waals surface area contributed by atoms with Crippen LogP contribution in [0, 0.1) is 0 Å². The van der Waals surface area contributed by atoms with Gasteiger partial charge in [-0.3, -0.25) is 4.79 Å². The number of imidazole rings is 1. The number of carbonyl (C=O) groups is 1.